The highest BCUT2D eigenvalue weighted by molar-refractivity contribution is 5.96. The Bertz CT molecular complexity index is 743. The predicted molar refractivity (Wildman–Crippen MR) is 105 cm³/mol. The molecule has 1 unspecified atom stereocenters. The minimum atomic E-state index is -0.303. The number of nitrogens with zero attached hydrogens (tertiary/aromatic N) is 3. The molecule has 0 radical (unpaired) electrons. The molecule has 0 aliphatic rings. The van der Waals surface area contributed by atoms with Gasteiger partial charge in [0.05, 0.1) is 22.6 Å². The number of rotatable bonds is 6. The van der Waals surface area contributed by atoms with Crippen LogP contribution in [0.4, 0.5) is 4.39 Å². The Balaban J connectivity index is 0.00000338. The van der Waals surface area contributed by atoms with Crippen LogP contribution in [0, 0.1) is 25.6 Å². The number of nitrogens with two attached hydrogens (primary N) is 1. The summed E-state index contributed by atoms with van der Waals surface area (Å²) in [5.74, 6) is 0.00956. The van der Waals surface area contributed by atoms with Crippen LogP contribution >= 0.6 is 12.4 Å². The summed E-state index contributed by atoms with van der Waals surface area (Å²) in [6.07, 6.45) is 0.754. The highest BCUT2D eigenvalue weighted by Gasteiger charge is 2.23. The van der Waals surface area contributed by atoms with Gasteiger partial charge in [0, 0.05) is 19.6 Å². The Morgan fingerprint density at radius 3 is 2.38 bits per heavy atom. The van der Waals surface area contributed by atoms with E-state index >= 15 is 0 Å². The molecular weight excluding hydrogens is 355 g/mol. The smallest absolute Gasteiger partial charge is 0.257 e. The van der Waals surface area contributed by atoms with Crippen LogP contribution in [0.15, 0.2) is 24.3 Å². The zero-order valence-electron chi connectivity index (χ0n) is 16.0. The average Bonchev–Trinajstić information content (AvgIpc) is 2.86. The van der Waals surface area contributed by atoms with E-state index in [0.29, 0.717) is 23.7 Å². The molecule has 5 nitrogen and oxygen atoms in total. The summed E-state index contributed by atoms with van der Waals surface area (Å²) >= 11 is 0. The molecule has 0 saturated carbocycles. The van der Waals surface area contributed by atoms with E-state index in [9.17, 15) is 9.18 Å². The molecule has 1 aromatic carbocycles. The molecule has 1 heterocycles. The van der Waals surface area contributed by atoms with Gasteiger partial charge in [0.15, 0.2) is 0 Å². The lowest BCUT2D eigenvalue weighted by atomic mass is 10.0. The Labute approximate surface area is 160 Å². The van der Waals surface area contributed by atoms with Gasteiger partial charge >= 0.3 is 0 Å². The molecule has 1 aromatic heterocycles. The van der Waals surface area contributed by atoms with Gasteiger partial charge in [-0.2, -0.15) is 5.10 Å². The van der Waals surface area contributed by atoms with E-state index in [0.717, 1.165) is 17.8 Å². The Hall–Kier alpha value is -1.92. The first-order valence-corrected chi connectivity index (χ1v) is 8.55. The molecule has 144 valence electrons. The lowest BCUT2D eigenvalue weighted by Gasteiger charge is -2.21. The summed E-state index contributed by atoms with van der Waals surface area (Å²) in [7, 11) is 1.78. The zero-order chi connectivity index (χ0) is 18.7. The second-order valence-corrected chi connectivity index (χ2v) is 6.86. The molecule has 0 fully saturated rings. The van der Waals surface area contributed by atoms with E-state index in [-0.39, 0.29) is 30.2 Å². The molecule has 1 atom stereocenters. The van der Waals surface area contributed by atoms with Crippen molar-refractivity contribution in [1.82, 2.24) is 14.7 Å². The Morgan fingerprint density at radius 2 is 1.85 bits per heavy atom. The quantitative estimate of drug-likeness (QED) is 0.831. The summed E-state index contributed by atoms with van der Waals surface area (Å²) in [6, 6.07) is 6.13. The van der Waals surface area contributed by atoms with E-state index in [4.69, 9.17) is 5.73 Å². The molecule has 0 saturated heterocycles. The van der Waals surface area contributed by atoms with Crippen LogP contribution in [0.25, 0.3) is 5.69 Å². The number of carbonyl (C=O) groups is 1. The largest absolute Gasteiger partial charge is 0.342 e. The average molecular weight is 383 g/mol. The van der Waals surface area contributed by atoms with Crippen molar-refractivity contribution in [2.45, 2.75) is 40.2 Å². The molecule has 26 heavy (non-hydrogen) atoms. The van der Waals surface area contributed by atoms with Crippen molar-refractivity contribution in [2.24, 2.45) is 11.7 Å². The number of benzene rings is 1. The number of carbonyl (C=O) groups excluding carboxylic acids is 1. The van der Waals surface area contributed by atoms with Gasteiger partial charge < -0.3 is 10.6 Å². The van der Waals surface area contributed by atoms with E-state index in [1.165, 1.54) is 12.1 Å². The van der Waals surface area contributed by atoms with E-state index < -0.39 is 0 Å². The summed E-state index contributed by atoms with van der Waals surface area (Å²) < 4.78 is 14.8. The van der Waals surface area contributed by atoms with Crippen molar-refractivity contribution in [2.75, 3.05) is 13.6 Å². The van der Waals surface area contributed by atoms with Gasteiger partial charge in [0.1, 0.15) is 5.82 Å². The third-order valence-electron chi connectivity index (χ3n) is 4.58. The fourth-order valence-electron chi connectivity index (χ4n) is 2.75. The van der Waals surface area contributed by atoms with Crippen molar-refractivity contribution in [3.63, 3.8) is 0 Å². The van der Waals surface area contributed by atoms with E-state index in [2.05, 4.69) is 18.9 Å². The number of hydrogen-bond acceptors (Lipinski definition) is 3. The fourth-order valence-corrected chi connectivity index (χ4v) is 2.75. The van der Waals surface area contributed by atoms with Crippen LogP contribution < -0.4 is 5.73 Å². The van der Waals surface area contributed by atoms with Crippen LogP contribution in [0.2, 0.25) is 0 Å². The minimum absolute atomic E-state index is 0. The summed E-state index contributed by atoms with van der Waals surface area (Å²) in [5, 5.41) is 4.46. The molecule has 2 aromatic rings. The molecule has 2 N–H and O–H groups in total. The molecule has 1 amide bonds. The van der Waals surface area contributed by atoms with Gasteiger partial charge in [-0.05, 0) is 50.5 Å². The molecule has 0 aliphatic heterocycles. The molecule has 7 heteroatoms. The van der Waals surface area contributed by atoms with Gasteiger partial charge in [0.25, 0.3) is 5.91 Å². The maximum Gasteiger partial charge on any atom is 0.257 e. The first-order chi connectivity index (χ1) is 11.7. The first kappa shape index (κ1) is 22.1. The summed E-state index contributed by atoms with van der Waals surface area (Å²) in [6.45, 7) is 8.41. The maximum absolute atomic E-state index is 13.1. The van der Waals surface area contributed by atoms with Crippen molar-refractivity contribution >= 4 is 18.3 Å². The second kappa shape index (κ2) is 9.14. The van der Waals surface area contributed by atoms with Crippen molar-refractivity contribution in [1.29, 1.82) is 0 Å². The molecule has 2 rings (SSSR count). The van der Waals surface area contributed by atoms with Crippen molar-refractivity contribution < 1.29 is 9.18 Å². The third-order valence-corrected chi connectivity index (χ3v) is 4.58. The Kier molecular flexibility index (Phi) is 7.78. The normalized spacial score (nSPS) is 12.0. The zero-order valence-corrected chi connectivity index (χ0v) is 16.8. The molecule has 0 bridgehead atoms. The summed E-state index contributed by atoms with van der Waals surface area (Å²) in [5.41, 5.74) is 8.79. The van der Waals surface area contributed by atoms with Gasteiger partial charge in [-0.25, -0.2) is 9.07 Å². The van der Waals surface area contributed by atoms with Crippen LogP contribution in [0.5, 0.6) is 0 Å². The van der Waals surface area contributed by atoms with Crippen LogP contribution in [-0.4, -0.2) is 40.2 Å². The van der Waals surface area contributed by atoms with Crippen LogP contribution in [-0.2, 0) is 0 Å². The number of aryl methyl sites for hydroxylation is 1. The van der Waals surface area contributed by atoms with Crippen LogP contribution in [0.3, 0.4) is 0 Å². The SMILES string of the molecule is Cc1nn(-c2ccc(F)cc2)c(C)c1C(=O)N(C)CCC(N)C(C)C.Cl. The van der Waals surface area contributed by atoms with Crippen molar-refractivity contribution in [3.8, 4) is 5.69 Å². The van der Waals surface area contributed by atoms with Gasteiger partial charge in [0.2, 0.25) is 0 Å². The van der Waals surface area contributed by atoms with Crippen molar-refractivity contribution in [3.05, 3.63) is 47.0 Å². The number of hydrogen-bond donors (Lipinski definition) is 1. The number of halogens is 2. The lowest BCUT2D eigenvalue weighted by Crippen LogP contribution is -2.35. The van der Waals surface area contributed by atoms with Gasteiger partial charge in [-0.1, -0.05) is 13.8 Å². The minimum Gasteiger partial charge on any atom is -0.342 e. The van der Waals surface area contributed by atoms with Gasteiger partial charge in [-0.15, -0.1) is 12.4 Å². The van der Waals surface area contributed by atoms with Crippen LogP contribution in [0.1, 0.15) is 42.0 Å². The maximum atomic E-state index is 13.1. The third kappa shape index (κ3) is 4.83. The summed E-state index contributed by atoms with van der Waals surface area (Å²) in [4.78, 5) is 14.5. The topological polar surface area (TPSA) is 64.2 Å². The highest BCUT2D eigenvalue weighted by Crippen LogP contribution is 2.20. The number of aromatic nitrogens is 2. The predicted octanol–water partition coefficient (Wildman–Crippen LogP) is 3.50. The molecule has 0 spiro atoms. The highest BCUT2D eigenvalue weighted by atomic mass is 35.5. The van der Waals surface area contributed by atoms with E-state index in [1.54, 1.807) is 28.8 Å². The second-order valence-electron chi connectivity index (χ2n) is 6.86. The molecular formula is C19H28ClFN4O. The standard InChI is InChI=1S/C19H27FN4O.ClH/c1-12(2)17(21)10-11-23(5)19(25)18-13(3)22-24(14(18)4)16-8-6-15(20)7-9-16;/h6-9,12,17H,10-11,21H2,1-5H3;1H. The lowest BCUT2D eigenvalue weighted by molar-refractivity contribution is 0.0787. The Morgan fingerprint density at radius 1 is 1.27 bits per heavy atom. The number of amides is 1. The fraction of sp³-hybridized carbons (Fsp3) is 0.474. The van der Waals surface area contributed by atoms with E-state index in [1.807, 2.05) is 13.8 Å². The monoisotopic (exact) mass is 382 g/mol. The first-order valence-electron chi connectivity index (χ1n) is 8.55. The molecule has 0 aliphatic carbocycles. The van der Waals surface area contributed by atoms with Gasteiger partial charge in [-0.3, -0.25) is 4.79 Å².